The number of hydrazone groups is 1. The molecule has 30 heavy (non-hydrogen) atoms. The maximum Gasteiger partial charge on any atom is 0.269 e. The van der Waals surface area contributed by atoms with Crippen molar-refractivity contribution in [3.8, 4) is 5.75 Å². The van der Waals surface area contributed by atoms with Crippen LogP contribution in [0.4, 0.5) is 5.69 Å². The van der Waals surface area contributed by atoms with E-state index in [9.17, 15) is 10.1 Å². The van der Waals surface area contributed by atoms with Gasteiger partial charge in [-0.3, -0.25) is 10.1 Å². The monoisotopic (exact) mass is 483 g/mol. The van der Waals surface area contributed by atoms with E-state index in [0.29, 0.717) is 17.0 Å². The number of benzene rings is 3. The largest absolute Gasteiger partial charge is 0.464 e. The van der Waals surface area contributed by atoms with Crippen molar-refractivity contribution in [2.24, 2.45) is 5.10 Å². The predicted molar refractivity (Wildman–Crippen MR) is 118 cm³/mol. The van der Waals surface area contributed by atoms with E-state index in [4.69, 9.17) is 21.4 Å². The van der Waals surface area contributed by atoms with Crippen LogP contribution < -0.4 is 4.74 Å². The molecule has 0 saturated carbocycles. The molecule has 6 nitrogen and oxygen atoms in total. The van der Waals surface area contributed by atoms with Crippen molar-refractivity contribution in [1.29, 1.82) is 0 Å². The SMILES string of the molecule is O=[N+]([O-])c1cccc([C@H]2Oc3ccc(Br)cc3[C@H]3CC(c4ccc(Cl)cc4)=NN32)c1. The zero-order valence-corrected chi connectivity index (χ0v) is 17.9. The molecule has 0 aliphatic carbocycles. The highest BCUT2D eigenvalue weighted by atomic mass is 79.9. The Morgan fingerprint density at radius 1 is 1.13 bits per heavy atom. The van der Waals surface area contributed by atoms with Crippen molar-refractivity contribution in [2.45, 2.75) is 18.7 Å². The number of nitrogens with zero attached hydrogens (tertiary/aromatic N) is 3. The summed E-state index contributed by atoms with van der Waals surface area (Å²) >= 11 is 9.58. The molecule has 0 saturated heterocycles. The highest BCUT2D eigenvalue weighted by molar-refractivity contribution is 9.10. The molecule has 3 aromatic rings. The van der Waals surface area contributed by atoms with E-state index in [1.165, 1.54) is 6.07 Å². The molecule has 3 aromatic carbocycles. The Morgan fingerprint density at radius 2 is 1.93 bits per heavy atom. The normalized spacial score (nSPS) is 19.5. The van der Waals surface area contributed by atoms with Gasteiger partial charge < -0.3 is 4.74 Å². The Hall–Kier alpha value is -2.90. The molecule has 0 aromatic heterocycles. The van der Waals surface area contributed by atoms with Gasteiger partial charge in [0, 0.05) is 39.2 Å². The molecule has 0 N–H and O–H groups in total. The van der Waals surface area contributed by atoms with Crippen LogP contribution in [0.3, 0.4) is 0 Å². The molecule has 0 radical (unpaired) electrons. The number of halogens is 2. The van der Waals surface area contributed by atoms with E-state index >= 15 is 0 Å². The van der Waals surface area contributed by atoms with E-state index < -0.39 is 11.2 Å². The van der Waals surface area contributed by atoms with Gasteiger partial charge in [-0.25, -0.2) is 5.01 Å². The summed E-state index contributed by atoms with van der Waals surface area (Å²) in [6, 6.07) is 19.9. The van der Waals surface area contributed by atoms with Crippen LogP contribution >= 0.6 is 27.5 Å². The molecule has 0 bridgehead atoms. The molecule has 0 unspecified atom stereocenters. The highest BCUT2D eigenvalue weighted by Crippen LogP contribution is 2.48. The van der Waals surface area contributed by atoms with E-state index in [2.05, 4.69) is 15.9 Å². The number of non-ortho nitro benzene ring substituents is 1. The summed E-state index contributed by atoms with van der Waals surface area (Å²) in [5.74, 6) is 0.753. The molecule has 2 aliphatic heterocycles. The first-order valence-electron chi connectivity index (χ1n) is 9.32. The van der Waals surface area contributed by atoms with Crippen LogP contribution in [0, 0.1) is 10.1 Å². The number of nitro groups is 1. The smallest absolute Gasteiger partial charge is 0.269 e. The fourth-order valence-electron chi connectivity index (χ4n) is 3.89. The van der Waals surface area contributed by atoms with Gasteiger partial charge in [0.15, 0.2) is 0 Å². The molecule has 0 fully saturated rings. The summed E-state index contributed by atoms with van der Waals surface area (Å²) in [4.78, 5) is 10.9. The van der Waals surface area contributed by atoms with Gasteiger partial charge in [-0.05, 0) is 35.9 Å². The number of hydrogen-bond donors (Lipinski definition) is 0. The molecule has 8 heteroatoms. The van der Waals surface area contributed by atoms with Crippen LogP contribution in [0.25, 0.3) is 0 Å². The lowest BCUT2D eigenvalue weighted by molar-refractivity contribution is -0.385. The molecular weight excluding hydrogens is 470 g/mol. The van der Waals surface area contributed by atoms with Crippen LogP contribution in [0.2, 0.25) is 5.02 Å². The van der Waals surface area contributed by atoms with Crippen molar-refractivity contribution in [3.05, 3.63) is 103 Å². The van der Waals surface area contributed by atoms with Gasteiger partial charge in [-0.15, -0.1) is 0 Å². The fraction of sp³-hybridized carbons (Fsp3) is 0.136. The standard InChI is InChI=1S/C22H15BrClN3O3/c23-15-6-9-21-18(11-15)20-12-19(13-4-7-16(24)8-5-13)25-26(20)22(30-21)14-2-1-3-17(10-14)27(28)29/h1-11,20,22H,12H2/t20-,22-/m1/s1. The topological polar surface area (TPSA) is 68.0 Å². The van der Waals surface area contributed by atoms with E-state index in [0.717, 1.165) is 27.1 Å². The molecule has 2 aliphatic rings. The van der Waals surface area contributed by atoms with Crippen molar-refractivity contribution >= 4 is 38.9 Å². The number of nitro benzene ring substituents is 1. The maximum absolute atomic E-state index is 11.3. The predicted octanol–water partition coefficient (Wildman–Crippen LogP) is 6.25. The van der Waals surface area contributed by atoms with E-state index in [1.54, 1.807) is 12.1 Å². The fourth-order valence-corrected chi connectivity index (χ4v) is 4.39. The minimum atomic E-state index is -0.562. The van der Waals surface area contributed by atoms with Crippen molar-refractivity contribution < 1.29 is 9.66 Å². The quantitative estimate of drug-likeness (QED) is 0.325. The Balaban J connectivity index is 1.60. The minimum Gasteiger partial charge on any atom is -0.464 e. The number of hydrogen-bond acceptors (Lipinski definition) is 5. The van der Waals surface area contributed by atoms with Crippen molar-refractivity contribution in [2.75, 3.05) is 0 Å². The van der Waals surface area contributed by atoms with Gasteiger partial charge in [0.1, 0.15) is 5.75 Å². The Morgan fingerprint density at radius 3 is 2.70 bits per heavy atom. The summed E-state index contributed by atoms with van der Waals surface area (Å²) in [5, 5.41) is 18.7. The lowest BCUT2D eigenvalue weighted by Crippen LogP contribution is -2.33. The van der Waals surface area contributed by atoms with Crippen LogP contribution in [-0.2, 0) is 0 Å². The van der Waals surface area contributed by atoms with E-state index in [-0.39, 0.29) is 11.7 Å². The Bertz CT molecular complexity index is 1180. The lowest BCUT2D eigenvalue weighted by Gasteiger charge is -2.38. The first-order valence-corrected chi connectivity index (χ1v) is 10.5. The molecule has 2 heterocycles. The van der Waals surface area contributed by atoms with Gasteiger partial charge in [0.25, 0.3) is 5.69 Å². The molecule has 0 amide bonds. The van der Waals surface area contributed by atoms with Gasteiger partial charge in [-0.2, -0.15) is 5.10 Å². The third-order valence-corrected chi connectivity index (χ3v) is 6.04. The summed E-state index contributed by atoms with van der Waals surface area (Å²) in [7, 11) is 0. The summed E-state index contributed by atoms with van der Waals surface area (Å²) < 4.78 is 7.24. The Kier molecular flexibility index (Phi) is 4.72. The average Bonchev–Trinajstić information content (AvgIpc) is 3.19. The lowest BCUT2D eigenvalue weighted by atomic mass is 9.96. The van der Waals surface area contributed by atoms with Crippen LogP contribution in [0.15, 0.2) is 76.3 Å². The van der Waals surface area contributed by atoms with Gasteiger partial charge in [-0.1, -0.05) is 51.8 Å². The van der Waals surface area contributed by atoms with Crippen LogP contribution in [0.1, 0.15) is 35.4 Å². The van der Waals surface area contributed by atoms with E-state index in [1.807, 2.05) is 53.5 Å². The summed E-state index contributed by atoms with van der Waals surface area (Å²) in [6.45, 7) is 0. The Labute approximate surface area is 186 Å². The number of ether oxygens (including phenoxy) is 1. The second kappa shape index (κ2) is 7.41. The zero-order valence-electron chi connectivity index (χ0n) is 15.5. The molecule has 150 valence electrons. The second-order valence-electron chi connectivity index (χ2n) is 7.16. The zero-order chi connectivity index (χ0) is 20.8. The summed E-state index contributed by atoms with van der Waals surface area (Å²) in [6.07, 6.45) is 0.133. The third-order valence-electron chi connectivity index (χ3n) is 5.30. The molecular formula is C22H15BrClN3O3. The molecule has 5 rings (SSSR count). The van der Waals surface area contributed by atoms with Crippen molar-refractivity contribution in [3.63, 3.8) is 0 Å². The molecule has 2 atom stereocenters. The highest BCUT2D eigenvalue weighted by Gasteiger charge is 2.41. The van der Waals surface area contributed by atoms with Crippen LogP contribution in [0.5, 0.6) is 5.75 Å². The van der Waals surface area contributed by atoms with Gasteiger partial charge >= 0.3 is 0 Å². The van der Waals surface area contributed by atoms with Crippen molar-refractivity contribution in [1.82, 2.24) is 5.01 Å². The summed E-state index contributed by atoms with van der Waals surface area (Å²) in [5.41, 5.74) is 3.64. The maximum atomic E-state index is 11.3. The number of rotatable bonds is 3. The second-order valence-corrected chi connectivity index (χ2v) is 8.51. The minimum absolute atomic E-state index is 0.0235. The average molecular weight is 485 g/mol. The first-order chi connectivity index (χ1) is 14.5. The first kappa shape index (κ1) is 19.1. The van der Waals surface area contributed by atoms with Gasteiger partial charge in [0.2, 0.25) is 6.23 Å². The van der Waals surface area contributed by atoms with Gasteiger partial charge in [0.05, 0.1) is 16.7 Å². The third kappa shape index (κ3) is 3.34. The number of fused-ring (bicyclic) bond motifs is 3. The molecule has 0 spiro atoms. The van der Waals surface area contributed by atoms with Crippen LogP contribution in [-0.4, -0.2) is 15.6 Å².